The maximum Gasteiger partial charge on any atom is 0.0343 e. The van der Waals surface area contributed by atoms with Crippen LogP contribution in [0.2, 0.25) is 0 Å². The maximum atomic E-state index is 5.61. The number of rotatable bonds is 2. The van der Waals surface area contributed by atoms with Crippen molar-refractivity contribution in [2.75, 3.05) is 11.1 Å². The lowest BCUT2D eigenvalue weighted by Crippen LogP contribution is -2.14. The summed E-state index contributed by atoms with van der Waals surface area (Å²) in [5.74, 6) is 0. The Labute approximate surface area is 79.1 Å². The normalized spacial score (nSPS) is 17.5. The fraction of sp³-hybridized carbons (Fsp3) is 0.455. The Balaban J connectivity index is 1.97. The molecule has 1 aliphatic rings. The molecule has 1 saturated carbocycles. The van der Waals surface area contributed by atoms with Crippen LogP contribution in [0.25, 0.3) is 0 Å². The second-order valence-corrected chi connectivity index (χ2v) is 3.75. The predicted octanol–water partition coefficient (Wildman–Crippen LogP) is 2.62. The number of hydrogen-bond acceptors (Lipinski definition) is 2. The van der Waals surface area contributed by atoms with E-state index < -0.39 is 0 Å². The number of benzene rings is 1. The van der Waals surface area contributed by atoms with E-state index in [-0.39, 0.29) is 0 Å². The smallest absolute Gasteiger partial charge is 0.0343 e. The first kappa shape index (κ1) is 8.42. The predicted molar refractivity (Wildman–Crippen MR) is 56.7 cm³/mol. The Morgan fingerprint density at radius 1 is 1.08 bits per heavy atom. The molecule has 2 heteroatoms. The van der Waals surface area contributed by atoms with Crippen molar-refractivity contribution in [1.82, 2.24) is 0 Å². The molecule has 3 N–H and O–H groups in total. The van der Waals surface area contributed by atoms with Crippen LogP contribution in [-0.4, -0.2) is 6.04 Å². The van der Waals surface area contributed by atoms with Gasteiger partial charge in [0.05, 0.1) is 0 Å². The van der Waals surface area contributed by atoms with E-state index in [4.69, 9.17) is 5.73 Å². The van der Waals surface area contributed by atoms with Crippen molar-refractivity contribution in [1.29, 1.82) is 0 Å². The van der Waals surface area contributed by atoms with Crippen LogP contribution in [0.3, 0.4) is 0 Å². The molecule has 1 aromatic carbocycles. The van der Waals surface area contributed by atoms with Crippen LogP contribution in [0.1, 0.15) is 25.7 Å². The van der Waals surface area contributed by atoms with Crippen molar-refractivity contribution in [3.05, 3.63) is 24.3 Å². The monoisotopic (exact) mass is 176 g/mol. The lowest BCUT2D eigenvalue weighted by atomic mass is 10.2. The van der Waals surface area contributed by atoms with Gasteiger partial charge in [0, 0.05) is 17.4 Å². The molecule has 1 aromatic rings. The second-order valence-electron chi connectivity index (χ2n) is 3.75. The molecule has 0 bridgehead atoms. The van der Waals surface area contributed by atoms with E-state index in [9.17, 15) is 0 Å². The van der Waals surface area contributed by atoms with Crippen molar-refractivity contribution >= 4 is 11.4 Å². The van der Waals surface area contributed by atoms with Crippen LogP contribution in [0.15, 0.2) is 24.3 Å². The third kappa shape index (κ3) is 2.14. The van der Waals surface area contributed by atoms with Crippen molar-refractivity contribution in [3.63, 3.8) is 0 Å². The van der Waals surface area contributed by atoms with E-state index in [0.29, 0.717) is 6.04 Å². The second kappa shape index (κ2) is 3.69. The van der Waals surface area contributed by atoms with Gasteiger partial charge in [-0.05, 0) is 37.1 Å². The molecule has 1 aliphatic carbocycles. The van der Waals surface area contributed by atoms with Gasteiger partial charge in [-0.1, -0.05) is 12.8 Å². The van der Waals surface area contributed by atoms with Crippen LogP contribution >= 0.6 is 0 Å². The van der Waals surface area contributed by atoms with E-state index in [0.717, 1.165) is 5.69 Å². The molecular formula is C11H16N2. The topological polar surface area (TPSA) is 38.0 Å². The first-order chi connectivity index (χ1) is 6.34. The zero-order chi connectivity index (χ0) is 9.10. The van der Waals surface area contributed by atoms with Crippen LogP contribution in [0.5, 0.6) is 0 Å². The average molecular weight is 176 g/mol. The van der Waals surface area contributed by atoms with Crippen LogP contribution < -0.4 is 11.1 Å². The molecule has 13 heavy (non-hydrogen) atoms. The fourth-order valence-corrected chi connectivity index (χ4v) is 1.89. The standard InChI is InChI=1S/C11H16N2/c12-9-5-7-11(8-6-9)13-10-3-1-2-4-10/h5-8,10,13H,1-4,12H2. The number of nitrogen functional groups attached to an aromatic ring is 1. The molecule has 0 atom stereocenters. The van der Waals surface area contributed by atoms with Gasteiger partial charge in [0.25, 0.3) is 0 Å². The first-order valence-corrected chi connectivity index (χ1v) is 4.97. The lowest BCUT2D eigenvalue weighted by molar-refractivity contribution is 0.755. The molecule has 70 valence electrons. The van der Waals surface area contributed by atoms with Crippen molar-refractivity contribution < 1.29 is 0 Å². The molecule has 1 fully saturated rings. The SMILES string of the molecule is Nc1ccc(NC2CCCC2)cc1. The van der Waals surface area contributed by atoms with E-state index in [1.54, 1.807) is 0 Å². The third-order valence-electron chi connectivity index (χ3n) is 2.64. The summed E-state index contributed by atoms with van der Waals surface area (Å²) in [6.07, 6.45) is 5.36. The average Bonchev–Trinajstić information content (AvgIpc) is 2.62. The van der Waals surface area contributed by atoms with Gasteiger partial charge < -0.3 is 11.1 Å². The summed E-state index contributed by atoms with van der Waals surface area (Å²) < 4.78 is 0. The molecule has 0 unspecified atom stereocenters. The molecule has 0 aliphatic heterocycles. The Morgan fingerprint density at radius 3 is 2.31 bits per heavy atom. The van der Waals surface area contributed by atoms with Gasteiger partial charge in [0.15, 0.2) is 0 Å². The van der Waals surface area contributed by atoms with Gasteiger partial charge in [-0.25, -0.2) is 0 Å². The summed E-state index contributed by atoms with van der Waals surface area (Å²) in [5, 5.41) is 3.51. The first-order valence-electron chi connectivity index (χ1n) is 4.97. The van der Waals surface area contributed by atoms with E-state index in [1.807, 2.05) is 24.3 Å². The molecule has 0 aromatic heterocycles. The molecule has 2 rings (SSSR count). The van der Waals surface area contributed by atoms with E-state index in [2.05, 4.69) is 5.32 Å². The molecule has 0 amide bonds. The Kier molecular flexibility index (Phi) is 2.39. The van der Waals surface area contributed by atoms with Crippen LogP contribution in [-0.2, 0) is 0 Å². The zero-order valence-electron chi connectivity index (χ0n) is 7.79. The lowest BCUT2D eigenvalue weighted by Gasteiger charge is -2.13. The Bertz CT molecular complexity index is 260. The van der Waals surface area contributed by atoms with Crippen LogP contribution in [0.4, 0.5) is 11.4 Å². The molecule has 0 saturated heterocycles. The quantitative estimate of drug-likeness (QED) is 0.680. The van der Waals surface area contributed by atoms with Crippen molar-refractivity contribution in [2.24, 2.45) is 0 Å². The van der Waals surface area contributed by atoms with E-state index in [1.165, 1.54) is 31.4 Å². The van der Waals surface area contributed by atoms with Gasteiger partial charge in [-0.15, -0.1) is 0 Å². The number of anilines is 2. The molecule has 0 radical (unpaired) electrons. The number of nitrogens with two attached hydrogens (primary N) is 1. The van der Waals surface area contributed by atoms with Gasteiger partial charge in [-0.2, -0.15) is 0 Å². The Morgan fingerprint density at radius 2 is 1.69 bits per heavy atom. The minimum absolute atomic E-state index is 0.684. The molecule has 0 spiro atoms. The van der Waals surface area contributed by atoms with Gasteiger partial charge in [0.2, 0.25) is 0 Å². The summed E-state index contributed by atoms with van der Waals surface area (Å²) >= 11 is 0. The summed E-state index contributed by atoms with van der Waals surface area (Å²) in [6, 6.07) is 8.67. The maximum absolute atomic E-state index is 5.61. The largest absolute Gasteiger partial charge is 0.399 e. The van der Waals surface area contributed by atoms with Gasteiger partial charge in [0.1, 0.15) is 0 Å². The zero-order valence-corrected chi connectivity index (χ0v) is 7.79. The third-order valence-corrected chi connectivity index (χ3v) is 2.64. The van der Waals surface area contributed by atoms with Crippen LogP contribution in [0, 0.1) is 0 Å². The van der Waals surface area contributed by atoms with Gasteiger partial charge in [-0.3, -0.25) is 0 Å². The Hall–Kier alpha value is -1.18. The summed E-state index contributed by atoms with van der Waals surface area (Å²) in [6.45, 7) is 0. The molecule has 2 nitrogen and oxygen atoms in total. The van der Waals surface area contributed by atoms with E-state index >= 15 is 0 Å². The van der Waals surface area contributed by atoms with Crippen molar-refractivity contribution in [3.8, 4) is 0 Å². The van der Waals surface area contributed by atoms with Crippen molar-refractivity contribution in [2.45, 2.75) is 31.7 Å². The molecule has 0 heterocycles. The highest BCUT2D eigenvalue weighted by Crippen LogP contribution is 2.22. The summed E-state index contributed by atoms with van der Waals surface area (Å²) in [4.78, 5) is 0. The minimum Gasteiger partial charge on any atom is -0.399 e. The highest BCUT2D eigenvalue weighted by atomic mass is 14.9. The fourth-order valence-electron chi connectivity index (χ4n) is 1.89. The number of hydrogen-bond donors (Lipinski definition) is 2. The highest BCUT2D eigenvalue weighted by Gasteiger charge is 2.13. The number of nitrogens with one attached hydrogen (secondary N) is 1. The summed E-state index contributed by atoms with van der Waals surface area (Å²) in [5.41, 5.74) is 7.63. The summed E-state index contributed by atoms with van der Waals surface area (Å²) in [7, 11) is 0. The van der Waals surface area contributed by atoms with Gasteiger partial charge >= 0.3 is 0 Å². The molecular weight excluding hydrogens is 160 g/mol. The highest BCUT2D eigenvalue weighted by molar-refractivity contribution is 5.51. The minimum atomic E-state index is 0.684.